The van der Waals surface area contributed by atoms with Gasteiger partial charge in [0.2, 0.25) is 5.91 Å². The van der Waals surface area contributed by atoms with Gasteiger partial charge in [0.05, 0.1) is 0 Å². The molecule has 0 fully saturated rings. The first-order valence-electron chi connectivity index (χ1n) is 12.9. The minimum Gasteiger partial charge on any atom is -0.480 e. The third-order valence-electron chi connectivity index (χ3n) is 5.34. The Labute approximate surface area is 225 Å². The molecular formula is C29H40NO7P. The van der Waals surface area contributed by atoms with Crippen molar-refractivity contribution in [1.29, 1.82) is 0 Å². The first-order chi connectivity index (χ1) is 18.2. The van der Waals surface area contributed by atoms with E-state index < -0.39 is 25.7 Å². The number of phosphoric ester groups is 1. The highest BCUT2D eigenvalue weighted by Gasteiger charge is 2.20. The molecule has 0 aliphatic rings. The molecule has 0 aliphatic carbocycles. The summed E-state index contributed by atoms with van der Waals surface area (Å²) in [6.45, 7) is 2.23. The fourth-order valence-electron chi connectivity index (χ4n) is 3.40. The SMILES string of the molecule is CCCCCCCCCC=CC=CC=CC=CC=CC(=O)N[C@@H](Cc1ccc(OP(=O)(O)O)cc1)C(=O)O. The summed E-state index contributed by atoms with van der Waals surface area (Å²) in [6, 6.07) is 4.40. The van der Waals surface area contributed by atoms with Crippen LogP contribution in [0, 0.1) is 0 Å². The lowest BCUT2D eigenvalue weighted by Gasteiger charge is -2.14. The number of carboxylic acid groups (broad SMARTS) is 1. The highest BCUT2D eigenvalue weighted by molar-refractivity contribution is 7.46. The Bertz CT molecular complexity index is 1020. The van der Waals surface area contributed by atoms with Gasteiger partial charge < -0.3 is 14.9 Å². The second-order valence-corrected chi connectivity index (χ2v) is 9.85. The van der Waals surface area contributed by atoms with Crippen LogP contribution in [0.5, 0.6) is 5.75 Å². The minimum absolute atomic E-state index is 0.0104. The molecule has 0 aromatic heterocycles. The number of nitrogens with one attached hydrogen (secondary N) is 1. The van der Waals surface area contributed by atoms with E-state index >= 15 is 0 Å². The molecule has 1 atom stereocenters. The Balaban J connectivity index is 2.33. The highest BCUT2D eigenvalue weighted by atomic mass is 31.2. The predicted molar refractivity (Wildman–Crippen MR) is 151 cm³/mol. The zero-order chi connectivity index (χ0) is 28.1. The fourth-order valence-corrected chi connectivity index (χ4v) is 3.80. The third-order valence-corrected chi connectivity index (χ3v) is 5.79. The van der Waals surface area contributed by atoms with Gasteiger partial charge in [-0.05, 0) is 30.5 Å². The molecule has 0 heterocycles. The monoisotopic (exact) mass is 545 g/mol. The molecule has 8 nitrogen and oxygen atoms in total. The Hall–Kier alpha value is -3.19. The summed E-state index contributed by atoms with van der Waals surface area (Å²) in [5.74, 6) is -1.81. The molecule has 0 saturated carbocycles. The van der Waals surface area contributed by atoms with Crippen molar-refractivity contribution in [3.63, 3.8) is 0 Å². The van der Waals surface area contributed by atoms with E-state index in [2.05, 4.69) is 22.8 Å². The van der Waals surface area contributed by atoms with Crippen molar-refractivity contribution in [3.05, 3.63) is 90.6 Å². The zero-order valence-electron chi connectivity index (χ0n) is 21.9. The van der Waals surface area contributed by atoms with Gasteiger partial charge in [0, 0.05) is 12.5 Å². The van der Waals surface area contributed by atoms with Crippen molar-refractivity contribution >= 4 is 19.7 Å². The summed E-state index contributed by atoms with van der Waals surface area (Å²) in [6.07, 6.45) is 28.2. The van der Waals surface area contributed by atoms with Crippen molar-refractivity contribution in [2.45, 2.75) is 70.8 Å². The smallest absolute Gasteiger partial charge is 0.480 e. The average Bonchev–Trinajstić information content (AvgIpc) is 2.85. The Morgan fingerprint density at radius 1 is 0.868 bits per heavy atom. The topological polar surface area (TPSA) is 133 Å². The highest BCUT2D eigenvalue weighted by Crippen LogP contribution is 2.37. The molecule has 0 aliphatic heterocycles. The summed E-state index contributed by atoms with van der Waals surface area (Å²) in [5.41, 5.74) is 0.547. The van der Waals surface area contributed by atoms with Crippen LogP contribution in [-0.4, -0.2) is 32.8 Å². The molecule has 1 rings (SSSR count). The second-order valence-electron chi connectivity index (χ2n) is 8.68. The molecule has 1 aromatic carbocycles. The molecule has 208 valence electrons. The lowest BCUT2D eigenvalue weighted by molar-refractivity contribution is -0.141. The number of unbranched alkanes of at least 4 members (excludes halogenated alkanes) is 7. The van der Waals surface area contributed by atoms with Crippen LogP contribution in [0.4, 0.5) is 0 Å². The Morgan fingerprint density at radius 2 is 1.42 bits per heavy atom. The van der Waals surface area contributed by atoms with E-state index in [1.165, 1.54) is 81.4 Å². The quantitative estimate of drug-likeness (QED) is 0.0705. The molecule has 0 radical (unpaired) electrons. The van der Waals surface area contributed by atoms with Gasteiger partial charge in [-0.15, -0.1) is 0 Å². The van der Waals surface area contributed by atoms with Crippen LogP contribution < -0.4 is 9.84 Å². The number of aliphatic carboxylic acids is 1. The van der Waals surface area contributed by atoms with Gasteiger partial charge in [0.15, 0.2) is 0 Å². The normalized spacial score (nSPS) is 13.3. The van der Waals surface area contributed by atoms with Crippen molar-refractivity contribution < 1.29 is 33.6 Å². The van der Waals surface area contributed by atoms with E-state index in [-0.39, 0.29) is 12.2 Å². The molecule has 4 N–H and O–H groups in total. The standard InChI is InChI=1S/C29H40NO7P/c1-2-3-4-5-6-7-8-9-10-11-12-13-14-15-16-17-18-19-28(31)30-27(29(32)33)24-25-20-22-26(23-21-25)37-38(34,35)36/h10-23,27H,2-9,24H2,1H3,(H,30,31)(H,32,33)(H2,34,35,36)/t27-/m0/s1. The fraction of sp³-hybridized carbons (Fsp3) is 0.379. The predicted octanol–water partition coefficient (Wildman–Crippen LogP) is 6.19. The van der Waals surface area contributed by atoms with E-state index in [0.717, 1.165) is 6.42 Å². The molecule has 0 unspecified atom stereocenters. The molecule has 0 spiro atoms. The Kier molecular flexibility index (Phi) is 17.2. The van der Waals surface area contributed by atoms with Crippen LogP contribution in [0.2, 0.25) is 0 Å². The first-order valence-corrected chi connectivity index (χ1v) is 14.4. The van der Waals surface area contributed by atoms with Gasteiger partial charge in [0.25, 0.3) is 0 Å². The van der Waals surface area contributed by atoms with Crippen LogP contribution >= 0.6 is 7.82 Å². The number of rotatable bonds is 19. The van der Waals surface area contributed by atoms with Crippen LogP contribution in [0.1, 0.15) is 63.9 Å². The van der Waals surface area contributed by atoms with Gasteiger partial charge in [-0.2, -0.15) is 0 Å². The number of allylic oxidation sites excluding steroid dienone is 9. The summed E-state index contributed by atoms with van der Waals surface area (Å²) in [4.78, 5) is 41.2. The van der Waals surface area contributed by atoms with Gasteiger partial charge in [0.1, 0.15) is 11.8 Å². The van der Waals surface area contributed by atoms with Crippen molar-refractivity contribution in [2.24, 2.45) is 0 Å². The molecule has 0 bridgehead atoms. The van der Waals surface area contributed by atoms with E-state index in [4.69, 9.17) is 9.79 Å². The van der Waals surface area contributed by atoms with Crippen LogP contribution in [-0.2, 0) is 20.6 Å². The molecule has 0 saturated heterocycles. The van der Waals surface area contributed by atoms with E-state index in [1.54, 1.807) is 12.2 Å². The number of carbonyl (C=O) groups excluding carboxylic acids is 1. The average molecular weight is 546 g/mol. The molecular weight excluding hydrogens is 505 g/mol. The lowest BCUT2D eigenvalue weighted by Crippen LogP contribution is -2.41. The maximum atomic E-state index is 12.1. The molecule has 9 heteroatoms. The maximum Gasteiger partial charge on any atom is 0.524 e. The van der Waals surface area contributed by atoms with Crippen molar-refractivity contribution in [3.8, 4) is 5.75 Å². The van der Waals surface area contributed by atoms with Gasteiger partial charge in [-0.25, -0.2) is 9.36 Å². The zero-order valence-corrected chi connectivity index (χ0v) is 22.8. The number of phosphoric acid groups is 1. The first kappa shape index (κ1) is 32.8. The molecule has 1 amide bonds. The third kappa shape index (κ3) is 18.1. The van der Waals surface area contributed by atoms with Gasteiger partial charge >= 0.3 is 13.8 Å². The minimum atomic E-state index is -4.67. The number of amides is 1. The second kappa shape index (κ2) is 19.9. The van der Waals surface area contributed by atoms with Gasteiger partial charge in [-0.3, -0.25) is 14.6 Å². The van der Waals surface area contributed by atoms with Crippen LogP contribution in [0.3, 0.4) is 0 Å². The van der Waals surface area contributed by atoms with Gasteiger partial charge in [-0.1, -0.05) is 112 Å². The van der Waals surface area contributed by atoms with Crippen molar-refractivity contribution in [1.82, 2.24) is 5.32 Å². The number of hydrogen-bond donors (Lipinski definition) is 4. The summed E-state index contributed by atoms with van der Waals surface area (Å²) in [5, 5.41) is 11.8. The van der Waals surface area contributed by atoms with Crippen LogP contribution in [0.15, 0.2) is 85.0 Å². The Morgan fingerprint density at radius 3 is 2.00 bits per heavy atom. The number of carboxylic acids is 1. The van der Waals surface area contributed by atoms with Crippen molar-refractivity contribution in [2.75, 3.05) is 0 Å². The van der Waals surface area contributed by atoms with E-state index in [9.17, 15) is 19.3 Å². The lowest BCUT2D eigenvalue weighted by atomic mass is 10.1. The maximum absolute atomic E-state index is 12.1. The largest absolute Gasteiger partial charge is 0.524 e. The van der Waals surface area contributed by atoms with E-state index in [0.29, 0.717) is 5.56 Å². The summed E-state index contributed by atoms with van der Waals surface area (Å²) < 4.78 is 15.3. The van der Waals surface area contributed by atoms with E-state index in [1.807, 2.05) is 30.4 Å². The number of benzene rings is 1. The molecule has 1 aromatic rings. The summed E-state index contributed by atoms with van der Waals surface area (Å²) >= 11 is 0. The summed E-state index contributed by atoms with van der Waals surface area (Å²) in [7, 11) is -4.67. The number of hydrogen-bond acceptors (Lipinski definition) is 4. The number of carbonyl (C=O) groups is 2. The molecule has 38 heavy (non-hydrogen) atoms. The van der Waals surface area contributed by atoms with Crippen LogP contribution in [0.25, 0.3) is 0 Å².